The van der Waals surface area contributed by atoms with E-state index in [-0.39, 0.29) is 0 Å². The van der Waals surface area contributed by atoms with Crippen LogP contribution in [0, 0.1) is 5.41 Å². The number of hydrogen-bond donors (Lipinski definition) is 1. The first kappa shape index (κ1) is 16.3. The molecule has 0 radical (unpaired) electrons. The molecule has 118 valence electrons. The van der Waals surface area contributed by atoms with Crippen LogP contribution in [0.3, 0.4) is 0 Å². The van der Waals surface area contributed by atoms with Crippen LogP contribution in [0.1, 0.15) is 60.3 Å². The largest absolute Gasteiger partial charge is 0.377 e. The van der Waals surface area contributed by atoms with Crippen LogP contribution in [-0.4, -0.2) is 48.8 Å². The van der Waals surface area contributed by atoms with Crippen LogP contribution in [0.5, 0.6) is 0 Å². The second-order valence-electron chi connectivity index (χ2n) is 8.14. The van der Waals surface area contributed by atoms with Gasteiger partial charge in [0.2, 0.25) is 0 Å². The van der Waals surface area contributed by atoms with Crippen molar-refractivity contribution in [1.82, 2.24) is 10.2 Å². The Bertz CT molecular complexity index is 303. The van der Waals surface area contributed by atoms with E-state index in [4.69, 9.17) is 4.74 Å². The normalized spacial score (nSPS) is 27.6. The van der Waals surface area contributed by atoms with Crippen LogP contribution in [-0.2, 0) is 4.74 Å². The van der Waals surface area contributed by atoms with Gasteiger partial charge in [0.05, 0.1) is 12.7 Å². The summed E-state index contributed by atoms with van der Waals surface area (Å²) in [6, 6.07) is 0.615. The molecule has 2 aliphatic rings. The third kappa shape index (κ3) is 3.96. The molecule has 1 heterocycles. The Balaban J connectivity index is 1.99. The lowest BCUT2D eigenvalue weighted by Crippen LogP contribution is -2.66. The van der Waals surface area contributed by atoms with E-state index in [1.807, 2.05) is 0 Å². The predicted octanol–water partition coefficient (Wildman–Crippen LogP) is 3.04. The highest BCUT2D eigenvalue weighted by Gasteiger charge is 2.43. The molecule has 1 saturated heterocycles. The van der Waals surface area contributed by atoms with Crippen molar-refractivity contribution >= 4 is 0 Å². The lowest BCUT2D eigenvalue weighted by molar-refractivity contribution is -0.00864. The average molecular weight is 282 g/mol. The number of ether oxygens (including phenoxy) is 1. The van der Waals surface area contributed by atoms with Crippen molar-refractivity contribution in [3.05, 3.63) is 0 Å². The van der Waals surface area contributed by atoms with Crippen molar-refractivity contribution < 1.29 is 4.74 Å². The minimum Gasteiger partial charge on any atom is -0.377 e. The molecule has 1 aliphatic heterocycles. The summed E-state index contributed by atoms with van der Waals surface area (Å²) < 4.78 is 5.79. The van der Waals surface area contributed by atoms with Gasteiger partial charge in [0.15, 0.2) is 0 Å². The van der Waals surface area contributed by atoms with E-state index in [1.165, 1.54) is 32.2 Å². The second kappa shape index (κ2) is 6.33. The first-order valence-corrected chi connectivity index (χ1v) is 8.43. The summed E-state index contributed by atoms with van der Waals surface area (Å²) >= 11 is 0. The van der Waals surface area contributed by atoms with E-state index in [0.29, 0.717) is 23.1 Å². The molecule has 20 heavy (non-hydrogen) atoms. The van der Waals surface area contributed by atoms with Crippen molar-refractivity contribution in [2.24, 2.45) is 5.41 Å². The van der Waals surface area contributed by atoms with Crippen molar-refractivity contribution in [1.29, 1.82) is 0 Å². The maximum atomic E-state index is 5.79. The topological polar surface area (TPSA) is 24.5 Å². The van der Waals surface area contributed by atoms with Gasteiger partial charge in [-0.25, -0.2) is 0 Å². The molecule has 1 N–H and O–H groups in total. The van der Waals surface area contributed by atoms with Gasteiger partial charge < -0.3 is 10.1 Å². The third-order valence-electron chi connectivity index (χ3n) is 5.01. The fraction of sp³-hybridized carbons (Fsp3) is 1.00. The number of rotatable bonds is 4. The molecule has 1 aliphatic carbocycles. The molecule has 1 atom stereocenters. The number of piperazine rings is 1. The van der Waals surface area contributed by atoms with E-state index in [2.05, 4.69) is 44.8 Å². The second-order valence-corrected chi connectivity index (χ2v) is 8.14. The zero-order chi connectivity index (χ0) is 14.8. The van der Waals surface area contributed by atoms with E-state index < -0.39 is 0 Å². The van der Waals surface area contributed by atoms with Crippen LogP contribution < -0.4 is 5.32 Å². The van der Waals surface area contributed by atoms with Gasteiger partial charge in [-0.3, -0.25) is 4.90 Å². The minimum absolute atomic E-state index is 0.324. The van der Waals surface area contributed by atoms with Crippen molar-refractivity contribution in [3.8, 4) is 0 Å². The summed E-state index contributed by atoms with van der Waals surface area (Å²) in [5, 5.41) is 3.90. The molecule has 0 aromatic carbocycles. The molecule has 1 spiro atoms. The molecule has 2 fully saturated rings. The zero-order valence-corrected chi connectivity index (χ0v) is 14.2. The minimum atomic E-state index is 0.324. The Labute approximate surface area is 125 Å². The molecule has 1 saturated carbocycles. The van der Waals surface area contributed by atoms with Gasteiger partial charge in [0.25, 0.3) is 0 Å². The highest BCUT2D eigenvalue weighted by molar-refractivity contribution is 5.03. The van der Waals surface area contributed by atoms with Gasteiger partial charge >= 0.3 is 0 Å². The molecular weight excluding hydrogens is 248 g/mol. The Morgan fingerprint density at radius 2 is 1.90 bits per heavy atom. The Hall–Kier alpha value is -0.120. The SMILES string of the molecule is CC(C)OCCN1CC2(CCCC2)NCC1C(C)(C)C. The van der Waals surface area contributed by atoms with Gasteiger partial charge in [-0.05, 0) is 32.1 Å². The van der Waals surface area contributed by atoms with Crippen LogP contribution in [0.15, 0.2) is 0 Å². The molecular formula is C17H34N2O. The van der Waals surface area contributed by atoms with E-state index >= 15 is 0 Å². The highest BCUT2D eigenvalue weighted by atomic mass is 16.5. The van der Waals surface area contributed by atoms with Gasteiger partial charge in [-0.1, -0.05) is 33.6 Å². The smallest absolute Gasteiger partial charge is 0.0597 e. The van der Waals surface area contributed by atoms with E-state index in [9.17, 15) is 0 Å². The molecule has 0 bridgehead atoms. The molecule has 3 heteroatoms. The first-order valence-electron chi connectivity index (χ1n) is 8.43. The molecule has 2 rings (SSSR count). The highest BCUT2D eigenvalue weighted by Crippen LogP contribution is 2.36. The lowest BCUT2D eigenvalue weighted by atomic mass is 9.81. The summed E-state index contributed by atoms with van der Waals surface area (Å²) in [7, 11) is 0. The summed E-state index contributed by atoms with van der Waals surface area (Å²) in [5.74, 6) is 0. The van der Waals surface area contributed by atoms with Crippen molar-refractivity contribution in [2.45, 2.75) is 78.0 Å². The third-order valence-corrected chi connectivity index (χ3v) is 5.01. The first-order chi connectivity index (χ1) is 9.32. The molecule has 0 aromatic rings. The maximum absolute atomic E-state index is 5.79. The zero-order valence-electron chi connectivity index (χ0n) is 14.2. The average Bonchev–Trinajstić information content (AvgIpc) is 2.75. The van der Waals surface area contributed by atoms with Crippen LogP contribution in [0.2, 0.25) is 0 Å². The molecule has 3 nitrogen and oxygen atoms in total. The fourth-order valence-corrected chi connectivity index (χ4v) is 3.88. The summed E-state index contributed by atoms with van der Waals surface area (Å²) in [6.07, 6.45) is 5.83. The summed E-state index contributed by atoms with van der Waals surface area (Å²) in [6.45, 7) is 15.6. The predicted molar refractivity (Wildman–Crippen MR) is 85.1 cm³/mol. The lowest BCUT2D eigenvalue weighted by Gasteiger charge is -2.50. The van der Waals surface area contributed by atoms with Crippen LogP contribution in [0.4, 0.5) is 0 Å². The van der Waals surface area contributed by atoms with Gasteiger partial charge in [-0.15, -0.1) is 0 Å². The number of nitrogens with one attached hydrogen (secondary N) is 1. The van der Waals surface area contributed by atoms with E-state index in [0.717, 1.165) is 19.7 Å². The quantitative estimate of drug-likeness (QED) is 0.858. The number of nitrogens with zero attached hydrogens (tertiary/aromatic N) is 1. The Morgan fingerprint density at radius 1 is 1.25 bits per heavy atom. The van der Waals surface area contributed by atoms with Gasteiger partial charge in [0.1, 0.15) is 0 Å². The van der Waals surface area contributed by atoms with E-state index in [1.54, 1.807) is 0 Å². The standard InChI is InChI=1S/C17H34N2O/c1-14(2)20-11-10-19-13-17(8-6-7-9-17)18-12-15(19)16(3,4)5/h14-15,18H,6-13H2,1-5H3. The van der Waals surface area contributed by atoms with Crippen LogP contribution in [0.25, 0.3) is 0 Å². The fourth-order valence-electron chi connectivity index (χ4n) is 3.88. The number of hydrogen-bond acceptors (Lipinski definition) is 3. The molecule has 1 unspecified atom stereocenters. The molecule has 0 aromatic heterocycles. The summed E-state index contributed by atoms with van der Waals surface area (Å²) in [5.41, 5.74) is 0.727. The van der Waals surface area contributed by atoms with Crippen molar-refractivity contribution in [3.63, 3.8) is 0 Å². The van der Waals surface area contributed by atoms with Gasteiger partial charge in [0, 0.05) is 31.2 Å². The van der Waals surface area contributed by atoms with Gasteiger partial charge in [-0.2, -0.15) is 0 Å². The van der Waals surface area contributed by atoms with Crippen LogP contribution >= 0.6 is 0 Å². The Kier molecular flexibility index (Phi) is 5.14. The molecule has 0 amide bonds. The monoisotopic (exact) mass is 282 g/mol. The Morgan fingerprint density at radius 3 is 2.45 bits per heavy atom. The maximum Gasteiger partial charge on any atom is 0.0597 e. The summed E-state index contributed by atoms with van der Waals surface area (Å²) in [4.78, 5) is 2.70. The van der Waals surface area contributed by atoms with Crippen molar-refractivity contribution in [2.75, 3.05) is 26.2 Å².